The number of pyridine rings is 1. The molecule has 96 valence electrons. The lowest BCUT2D eigenvalue weighted by atomic mass is 9.92. The van der Waals surface area contributed by atoms with Gasteiger partial charge in [-0.1, -0.05) is 26.8 Å². The Hall–Kier alpha value is -0.800. The van der Waals surface area contributed by atoms with Crippen LogP contribution in [0, 0.1) is 0 Å². The Morgan fingerprint density at radius 3 is 2.41 bits per heavy atom. The highest BCUT2D eigenvalue weighted by Gasteiger charge is 2.17. The number of piperazine rings is 1. The van der Waals surface area contributed by atoms with E-state index >= 15 is 0 Å². The van der Waals surface area contributed by atoms with Crippen LogP contribution in [-0.4, -0.2) is 31.2 Å². The van der Waals surface area contributed by atoms with Gasteiger partial charge in [-0.3, -0.25) is 0 Å². The van der Waals surface area contributed by atoms with Gasteiger partial charge in [0.2, 0.25) is 0 Å². The predicted octanol–water partition coefficient (Wildman–Crippen LogP) is 2.21. The fourth-order valence-corrected chi connectivity index (χ4v) is 1.91. The average Bonchev–Trinajstić information content (AvgIpc) is 2.29. The van der Waals surface area contributed by atoms with Crippen LogP contribution in [0.1, 0.15) is 26.5 Å². The van der Waals surface area contributed by atoms with Gasteiger partial charge in [0.1, 0.15) is 5.82 Å². The van der Waals surface area contributed by atoms with Gasteiger partial charge in [-0.2, -0.15) is 0 Å². The first-order valence-corrected chi connectivity index (χ1v) is 6.00. The number of nitrogens with zero attached hydrogens (tertiary/aromatic N) is 2. The van der Waals surface area contributed by atoms with Gasteiger partial charge in [-0.05, 0) is 12.1 Å². The second-order valence-corrected chi connectivity index (χ2v) is 5.37. The first-order chi connectivity index (χ1) is 7.57. The number of hydrogen-bond acceptors (Lipinski definition) is 3. The normalized spacial score (nSPS) is 16.5. The lowest BCUT2D eigenvalue weighted by Crippen LogP contribution is -2.44. The molecule has 17 heavy (non-hydrogen) atoms. The van der Waals surface area contributed by atoms with Gasteiger partial charge >= 0.3 is 0 Å². The Morgan fingerprint density at radius 2 is 1.82 bits per heavy atom. The summed E-state index contributed by atoms with van der Waals surface area (Å²) in [6, 6.07) is 6.34. The fourth-order valence-electron chi connectivity index (χ4n) is 1.91. The highest BCUT2D eigenvalue weighted by atomic mass is 35.5. The van der Waals surface area contributed by atoms with Crippen molar-refractivity contribution in [2.75, 3.05) is 31.1 Å². The molecular weight excluding hydrogens is 234 g/mol. The summed E-state index contributed by atoms with van der Waals surface area (Å²) in [6.45, 7) is 10.8. The summed E-state index contributed by atoms with van der Waals surface area (Å²) in [7, 11) is 0. The van der Waals surface area contributed by atoms with Crippen LogP contribution in [-0.2, 0) is 5.41 Å². The summed E-state index contributed by atoms with van der Waals surface area (Å²) in [5, 5.41) is 3.36. The van der Waals surface area contributed by atoms with E-state index in [1.54, 1.807) is 0 Å². The van der Waals surface area contributed by atoms with Crippen LogP contribution in [0.4, 0.5) is 5.82 Å². The third-order valence-electron chi connectivity index (χ3n) is 2.94. The molecule has 1 saturated heterocycles. The summed E-state index contributed by atoms with van der Waals surface area (Å²) >= 11 is 0. The van der Waals surface area contributed by atoms with Crippen molar-refractivity contribution < 1.29 is 0 Å². The van der Waals surface area contributed by atoms with Crippen LogP contribution >= 0.6 is 12.4 Å². The molecule has 0 unspecified atom stereocenters. The van der Waals surface area contributed by atoms with E-state index < -0.39 is 0 Å². The molecule has 2 rings (SSSR count). The van der Waals surface area contributed by atoms with Crippen molar-refractivity contribution in [1.29, 1.82) is 0 Å². The molecule has 0 spiro atoms. The quantitative estimate of drug-likeness (QED) is 0.834. The highest BCUT2D eigenvalue weighted by molar-refractivity contribution is 5.85. The summed E-state index contributed by atoms with van der Waals surface area (Å²) in [6.07, 6.45) is 0. The third kappa shape index (κ3) is 3.58. The Labute approximate surface area is 110 Å². The Morgan fingerprint density at radius 1 is 1.18 bits per heavy atom. The topological polar surface area (TPSA) is 28.2 Å². The lowest BCUT2D eigenvalue weighted by molar-refractivity contribution is 0.558. The molecule has 4 heteroatoms. The smallest absolute Gasteiger partial charge is 0.128 e. The zero-order valence-electron chi connectivity index (χ0n) is 10.9. The van der Waals surface area contributed by atoms with E-state index in [-0.39, 0.29) is 17.8 Å². The maximum Gasteiger partial charge on any atom is 0.128 e. The van der Waals surface area contributed by atoms with Crippen LogP contribution in [0.15, 0.2) is 18.2 Å². The van der Waals surface area contributed by atoms with Gasteiger partial charge in [-0.25, -0.2) is 4.98 Å². The Bertz CT molecular complexity index is 354. The van der Waals surface area contributed by atoms with Crippen LogP contribution in [0.5, 0.6) is 0 Å². The van der Waals surface area contributed by atoms with E-state index in [4.69, 9.17) is 4.98 Å². The number of anilines is 1. The van der Waals surface area contributed by atoms with Gasteiger partial charge in [0.05, 0.1) is 0 Å². The molecule has 0 aromatic carbocycles. The third-order valence-corrected chi connectivity index (χ3v) is 2.94. The van der Waals surface area contributed by atoms with Gasteiger partial charge in [0, 0.05) is 37.3 Å². The van der Waals surface area contributed by atoms with Crippen molar-refractivity contribution in [2.45, 2.75) is 26.2 Å². The summed E-state index contributed by atoms with van der Waals surface area (Å²) in [4.78, 5) is 7.12. The van der Waals surface area contributed by atoms with Gasteiger partial charge in [0.15, 0.2) is 0 Å². The lowest BCUT2D eigenvalue weighted by Gasteiger charge is -2.29. The van der Waals surface area contributed by atoms with Crippen molar-refractivity contribution in [2.24, 2.45) is 0 Å². The van der Waals surface area contributed by atoms with Crippen molar-refractivity contribution in [1.82, 2.24) is 10.3 Å². The number of aromatic nitrogens is 1. The zero-order valence-corrected chi connectivity index (χ0v) is 11.7. The maximum atomic E-state index is 4.77. The minimum absolute atomic E-state index is 0. The Kier molecular flexibility index (Phi) is 4.78. The molecule has 1 N–H and O–H groups in total. The van der Waals surface area contributed by atoms with Gasteiger partial charge < -0.3 is 10.2 Å². The van der Waals surface area contributed by atoms with Crippen molar-refractivity contribution in [3.8, 4) is 0 Å². The largest absolute Gasteiger partial charge is 0.354 e. The molecule has 0 bridgehead atoms. The van der Waals surface area contributed by atoms with E-state index in [1.165, 1.54) is 5.69 Å². The molecule has 0 aliphatic carbocycles. The monoisotopic (exact) mass is 255 g/mol. The minimum Gasteiger partial charge on any atom is -0.354 e. The van der Waals surface area contributed by atoms with E-state index in [1.807, 2.05) is 0 Å². The number of halogens is 1. The molecule has 0 radical (unpaired) electrons. The predicted molar refractivity (Wildman–Crippen MR) is 75.3 cm³/mol. The zero-order chi connectivity index (χ0) is 11.6. The summed E-state index contributed by atoms with van der Waals surface area (Å²) < 4.78 is 0. The molecular formula is C13H22ClN3. The molecule has 1 aromatic heterocycles. The molecule has 0 amide bonds. The van der Waals surface area contributed by atoms with Crippen LogP contribution in [0.25, 0.3) is 0 Å². The number of nitrogens with one attached hydrogen (secondary N) is 1. The number of rotatable bonds is 1. The van der Waals surface area contributed by atoms with E-state index in [2.05, 4.69) is 49.2 Å². The van der Waals surface area contributed by atoms with Crippen molar-refractivity contribution in [3.63, 3.8) is 0 Å². The highest BCUT2D eigenvalue weighted by Crippen LogP contribution is 2.22. The van der Waals surface area contributed by atoms with E-state index in [0.717, 1.165) is 32.0 Å². The maximum absolute atomic E-state index is 4.77. The molecule has 0 saturated carbocycles. The van der Waals surface area contributed by atoms with Crippen LogP contribution < -0.4 is 10.2 Å². The van der Waals surface area contributed by atoms with Crippen molar-refractivity contribution in [3.05, 3.63) is 23.9 Å². The fraction of sp³-hybridized carbons (Fsp3) is 0.615. The summed E-state index contributed by atoms with van der Waals surface area (Å²) in [5.41, 5.74) is 1.30. The van der Waals surface area contributed by atoms with Crippen LogP contribution in [0.3, 0.4) is 0 Å². The van der Waals surface area contributed by atoms with E-state index in [0.29, 0.717) is 0 Å². The SMILES string of the molecule is CC(C)(C)c1cccc(N2CCNCC2)n1.Cl. The second kappa shape index (κ2) is 5.69. The second-order valence-electron chi connectivity index (χ2n) is 5.37. The molecule has 1 aliphatic rings. The van der Waals surface area contributed by atoms with Crippen LogP contribution in [0.2, 0.25) is 0 Å². The standard InChI is InChI=1S/C13H21N3.ClH/c1-13(2,3)11-5-4-6-12(15-11)16-9-7-14-8-10-16;/h4-6,14H,7-10H2,1-3H3;1H. The molecule has 3 nitrogen and oxygen atoms in total. The molecule has 0 atom stereocenters. The van der Waals surface area contributed by atoms with Gasteiger partial charge in [0.25, 0.3) is 0 Å². The minimum atomic E-state index is 0. The number of hydrogen-bond donors (Lipinski definition) is 1. The van der Waals surface area contributed by atoms with Crippen molar-refractivity contribution >= 4 is 18.2 Å². The Balaban J connectivity index is 0.00000144. The summed E-state index contributed by atoms with van der Waals surface area (Å²) in [5.74, 6) is 1.12. The molecule has 1 aliphatic heterocycles. The molecule has 2 heterocycles. The first kappa shape index (κ1) is 14.3. The first-order valence-electron chi connectivity index (χ1n) is 6.00. The average molecular weight is 256 g/mol. The molecule has 1 aromatic rings. The van der Waals surface area contributed by atoms with Gasteiger partial charge in [-0.15, -0.1) is 12.4 Å². The molecule has 1 fully saturated rings. The van der Waals surface area contributed by atoms with E-state index in [9.17, 15) is 0 Å².